The van der Waals surface area contributed by atoms with Gasteiger partial charge in [-0.25, -0.2) is 4.79 Å². The first-order chi connectivity index (χ1) is 9.11. The van der Waals surface area contributed by atoms with Crippen LogP contribution in [0.5, 0.6) is 0 Å². The lowest BCUT2D eigenvalue weighted by atomic mass is 10.1. The van der Waals surface area contributed by atoms with Crippen LogP contribution in [0, 0.1) is 0 Å². The number of aliphatic carboxylic acids is 1. The Morgan fingerprint density at radius 1 is 1.37 bits per heavy atom. The van der Waals surface area contributed by atoms with Crippen LogP contribution in [-0.4, -0.2) is 67.9 Å². The third-order valence-electron chi connectivity index (χ3n) is 3.16. The highest BCUT2D eigenvalue weighted by molar-refractivity contribution is 5.74. The maximum atomic E-state index is 11.8. The van der Waals surface area contributed by atoms with E-state index in [4.69, 9.17) is 9.84 Å². The second kappa shape index (κ2) is 8.71. The summed E-state index contributed by atoms with van der Waals surface area (Å²) in [6.45, 7) is 2.79. The predicted molar refractivity (Wildman–Crippen MR) is 70.1 cm³/mol. The van der Waals surface area contributed by atoms with Crippen molar-refractivity contribution in [3.8, 4) is 0 Å². The van der Waals surface area contributed by atoms with Gasteiger partial charge in [0.05, 0.1) is 19.6 Å². The van der Waals surface area contributed by atoms with Gasteiger partial charge in [0.15, 0.2) is 0 Å². The number of carbonyl (C=O) groups excluding carboxylic acids is 1. The van der Waals surface area contributed by atoms with Crippen molar-refractivity contribution in [3.05, 3.63) is 0 Å². The van der Waals surface area contributed by atoms with Crippen LogP contribution in [0.25, 0.3) is 0 Å². The molecule has 1 fully saturated rings. The molecule has 0 aliphatic carbocycles. The predicted octanol–water partition coefficient (Wildman–Crippen LogP) is -0.129. The zero-order valence-electron chi connectivity index (χ0n) is 11.4. The Kier molecular flexibility index (Phi) is 7.20. The second-order valence-electron chi connectivity index (χ2n) is 4.58. The minimum absolute atomic E-state index is 0.0110. The Balaban J connectivity index is 2.07. The fourth-order valence-electron chi connectivity index (χ4n) is 1.98. The molecule has 3 N–H and O–H groups in total. The van der Waals surface area contributed by atoms with E-state index in [2.05, 4.69) is 10.6 Å². The first-order valence-corrected chi connectivity index (χ1v) is 6.62. The lowest BCUT2D eigenvalue weighted by Crippen LogP contribution is -2.48. The molecule has 0 aromatic carbocycles. The summed E-state index contributed by atoms with van der Waals surface area (Å²) in [7, 11) is 1.80. The van der Waals surface area contributed by atoms with Crippen molar-refractivity contribution in [2.75, 3.05) is 39.9 Å². The van der Waals surface area contributed by atoms with Gasteiger partial charge in [-0.2, -0.15) is 0 Å². The number of nitrogens with one attached hydrogen (secondary N) is 2. The molecule has 0 atom stereocenters. The molecule has 0 aromatic heterocycles. The molecule has 19 heavy (non-hydrogen) atoms. The molecular weight excluding hydrogens is 250 g/mol. The number of ether oxygens (including phenoxy) is 1. The summed E-state index contributed by atoms with van der Waals surface area (Å²) in [6.07, 6.45) is 1.93. The van der Waals surface area contributed by atoms with Crippen LogP contribution >= 0.6 is 0 Å². The molecule has 7 heteroatoms. The zero-order valence-corrected chi connectivity index (χ0v) is 11.4. The van der Waals surface area contributed by atoms with E-state index < -0.39 is 5.97 Å². The molecular formula is C12H23N3O4. The summed E-state index contributed by atoms with van der Waals surface area (Å²) in [5, 5.41) is 14.4. The Morgan fingerprint density at radius 3 is 2.68 bits per heavy atom. The highest BCUT2D eigenvalue weighted by Crippen LogP contribution is 2.09. The van der Waals surface area contributed by atoms with Crippen LogP contribution in [0.2, 0.25) is 0 Å². The van der Waals surface area contributed by atoms with E-state index in [-0.39, 0.29) is 25.1 Å². The fourth-order valence-corrected chi connectivity index (χ4v) is 1.98. The molecule has 0 unspecified atom stereocenters. The van der Waals surface area contributed by atoms with E-state index >= 15 is 0 Å². The van der Waals surface area contributed by atoms with Gasteiger partial charge < -0.3 is 25.4 Å². The number of amides is 2. The molecule has 7 nitrogen and oxygen atoms in total. The Morgan fingerprint density at radius 2 is 2.05 bits per heavy atom. The third kappa shape index (κ3) is 6.40. The molecule has 0 bridgehead atoms. The average Bonchev–Trinajstić information content (AvgIpc) is 2.42. The average molecular weight is 273 g/mol. The maximum absolute atomic E-state index is 11.8. The van der Waals surface area contributed by atoms with Crippen LogP contribution < -0.4 is 10.6 Å². The summed E-state index contributed by atoms with van der Waals surface area (Å²) in [6, 6.07) is 0.183. The fraction of sp³-hybridized carbons (Fsp3) is 0.833. The standard InChI is InChI=1S/C12H23N3O4/c1-15(10-2-5-13-6-3-10)12(18)14-7-9-19-8-4-11(16)17/h10,13H,2-9H2,1H3,(H,14,18)(H,16,17). The summed E-state index contributed by atoms with van der Waals surface area (Å²) in [5.74, 6) is -0.880. The number of nitrogens with zero attached hydrogens (tertiary/aromatic N) is 1. The molecule has 0 saturated carbocycles. The first-order valence-electron chi connectivity index (χ1n) is 6.62. The van der Waals surface area contributed by atoms with Gasteiger partial charge in [0.25, 0.3) is 0 Å². The van der Waals surface area contributed by atoms with Crippen molar-refractivity contribution in [3.63, 3.8) is 0 Å². The second-order valence-corrected chi connectivity index (χ2v) is 4.58. The molecule has 1 rings (SSSR count). The number of hydrogen-bond acceptors (Lipinski definition) is 4. The molecule has 0 aromatic rings. The number of rotatable bonds is 7. The van der Waals surface area contributed by atoms with Gasteiger partial charge in [-0.05, 0) is 25.9 Å². The van der Waals surface area contributed by atoms with Crippen molar-refractivity contribution in [2.24, 2.45) is 0 Å². The van der Waals surface area contributed by atoms with Gasteiger partial charge in [0.1, 0.15) is 0 Å². The molecule has 1 aliphatic rings. The van der Waals surface area contributed by atoms with Crippen molar-refractivity contribution in [1.29, 1.82) is 0 Å². The van der Waals surface area contributed by atoms with Gasteiger partial charge in [-0.3, -0.25) is 4.79 Å². The molecule has 0 spiro atoms. The lowest BCUT2D eigenvalue weighted by molar-refractivity contribution is -0.138. The van der Waals surface area contributed by atoms with Crippen molar-refractivity contribution >= 4 is 12.0 Å². The topological polar surface area (TPSA) is 90.9 Å². The smallest absolute Gasteiger partial charge is 0.317 e. The molecule has 110 valence electrons. The number of carbonyl (C=O) groups is 2. The van der Waals surface area contributed by atoms with Crippen molar-refractivity contribution in [2.45, 2.75) is 25.3 Å². The lowest BCUT2D eigenvalue weighted by Gasteiger charge is -2.31. The van der Waals surface area contributed by atoms with E-state index in [9.17, 15) is 9.59 Å². The molecule has 1 aliphatic heterocycles. The van der Waals surface area contributed by atoms with Crippen molar-refractivity contribution in [1.82, 2.24) is 15.5 Å². The molecule has 1 heterocycles. The van der Waals surface area contributed by atoms with E-state index in [1.807, 2.05) is 0 Å². The van der Waals surface area contributed by atoms with Crippen molar-refractivity contribution < 1.29 is 19.4 Å². The van der Waals surface area contributed by atoms with Gasteiger partial charge >= 0.3 is 12.0 Å². The zero-order chi connectivity index (χ0) is 14.1. The monoisotopic (exact) mass is 273 g/mol. The molecule has 2 amide bonds. The summed E-state index contributed by atoms with van der Waals surface area (Å²) in [5.41, 5.74) is 0. The van der Waals surface area contributed by atoms with Crippen LogP contribution in [0.3, 0.4) is 0 Å². The van der Waals surface area contributed by atoms with E-state index in [1.165, 1.54) is 0 Å². The van der Waals surface area contributed by atoms with Crippen LogP contribution in [0.4, 0.5) is 4.79 Å². The van der Waals surface area contributed by atoms with Crippen LogP contribution in [-0.2, 0) is 9.53 Å². The SMILES string of the molecule is CN(C(=O)NCCOCCC(=O)O)C1CCNCC1. The normalized spacial score (nSPS) is 16.1. The summed E-state index contributed by atoms with van der Waals surface area (Å²) < 4.78 is 5.10. The number of urea groups is 1. The third-order valence-corrected chi connectivity index (χ3v) is 3.16. The Hall–Kier alpha value is -1.34. The number of hydrogen-bond donors (Lipinski definition) is 3. The number of carboxylic acid groups (broad SMARTS) is 1. The van der Waals surface area contributed by atoms with E-state index in [0.29, 0.717) is 13.2 Å². The Labute approximate surface area is 113 Å². The highest BCUT2D eigenvalue weighted by atomic mass is 16.5. The van der Waals surface area contributed by atoms with E-state index in [0.717, 1.165) is 25.9 Å². The van der Waals surface area contributed by atoms with Crippen LogP contribution in [0.15, 0.2) is 0 Å². The van der Waals surface area contributed by atoms with Gasteiger partial charge in [-0.15, -0.1) is 0 Å². The van der Waals surface area contributed by atoms with Crippen LogP contribution in [0.1, 0.15) is 19.3 Å². The highest BCUT2D eigenvalue weighted by Gasteiger charge is 2.21. The molecule has 1 saturated heterocycles. The molecule has 0 radical (unpaired) electrons. The van der Waals surface area contributed by atoms with E-state index in [1.54, 1.807) is 11.9 Å². The number of piperidine rings is 1. The van der Waals surface area contributed by atoms with Gasteiger partial charge in [0, 0.05) is 19.6 Å². The maximum Gasteiger partial charge on any atom is 0.317 e. The minimum Gasteiger partial charge on any atom is -0.481 e. The van der Waals surface area contributed by atoms with Gasteiger partial charge in [-0.1, -0.05) is 0 Å². The quantitative estimate of drug-likeness (QED) is 0.562. The Bertz CT molecular complexity index is 293. The van der Waals surface area contributed by atoms with Gasteiger partial charge in [0.2, 0.25) is 0 Å². The summed E-state index contributed by atoms with van der Waals surface area (Å²) >= 11 is 0. The summed E-state index contributed by atoms with van der Waals surface area (Å²) in [4.78, 5) is 23.8. The first kappa shape index (κ1) is 15.7. The number of carboxylic acids is 1. The minimum atomic E-state index is -0.880. The largest absolute Gasteiger partial charge is 0.481 e.